The third-order valence-corrected chi connectivity index (χ3v) is 1.84. The number of amides is 1. The fraction of sp³-hybridized carbons (Fsp3) is 0.444. The summed E-state index contributed by atoms with van der Waals surface area (Å²) >= 11 is 0. The van der Waals surface area contributed by atoms with Crippen LogP contribution in [0.2, 0.25) is 0 Å². The molecule has 82 valence electrons. The number of hydrogen-bond donors (Lipinski definition) is 2. The minimum atomic E-state index is -0.681. The number of carbonyl (C=O) groups is 2. The van der Waals surface area contributed by atoms with Crippen molar-refractivity contribution in [3.05, 3.63) is 17.5 Å². The molecular weight excluding hydrogens is 198 g/mol. The fourth-order valence-electron chi connectivity index (χ4n) is 1.04. The van der Waals surface area contributed by atoms with E-state index in [1.54, 1.807) is 19.9 Å². The molecule has 6 heteroatoms. The quantitative estimate of drug-likeness (QED) is 0.690. The van der Waals surface area contributed by atoms with E-state index in [0.29, 0.717) is 0 Å². The van der Waals surface area contributed by atoms with Gasteiger partial charge in [-0.05, 0) is 19.9 Å². The first-order chi connectivity index (χ1) is 7.04. The fourth-order valence-corrected chi connectivity index (χ4v) is 1.04. The van der Waals surface area contributed by atoms with E-state index in [1.807, 2.05) is 0 Å². The third-order valence-electron chi connectivity index (χ3n) is 1.84. The minimum Gasteiger partial charge on any atom is -0.467 e. The van der Waals surface area contributed by atoms with E-state index >= 15 is 0 Å². The Morgan fingerprint density at radius 3 is 2.73 bits per heavy atom. The molecule has 15 heavy (non-hydrogen) atoms. The van der Waals surface area contributed by atoms with Crippen LogP contribution in [0.5, 0.6) is 0 Å². The number of aromatic amines is 1. The molecule has 0 saturated heterocycles. The highest BCUT2D eigenvalue weighted by molar-refractivity contribution is 5.95. The molecule has 0 fully saturated rings. The highest BCUT2D eigenvalue weighted by atomic mass is 16.5. The number of carbonyl (C=O) groups excluding carboxylic acids is 2. The van der Waals surface area contributed by atoms with Gasteiger partial charge >= 0.3 is 5.97 Å². The number of esters is 1. The van der Waals surface area contributed by atoms with Crippen LogP contribution >= 0.6 is 0 Å². The van der Waals surface area contributed by atoms with E-state index in [2.05, 4.69) is 20.3 Å². The van der Waals surface area contributed by atoms with Crippen molar-refractivity contribution < 1.29 is 14.3 Å². The summed E-state index contributed by atoms with van der Waals surface area (Å²) < 4.78 is 4.47. The average Bonchev–Trinajstić information content (AvgIpc) is 2.63. The van der Waals surface area contributed by atoms with Gasteiger partial charge in [0.2, 0.25) is 0 Å². The highest BCUT2D eigenvalue weighted by Gasteiger charge is 2.18. The molecular formula is C9H13N3O3. The van der Waals surface area contributed by atoms with Crippen molar-refractivity contribution >= 4 is 11.9 Å². The number of ether oxygens (including phenoxy) is 1. The lowest BCUT2D eigenvalue weighted by molar-refractivity contribution is -0.142. The van der Waals surface area contributed by atoms with Gasteiger partial charge < -0.3 is 10.1 Å². The zero-order valence-electron chi connectivity index (χ0n) is 8.83. The zero-order chi connectivity index (χ0) is 11.4. The Morgan fingerprint density at radius 2 is 2.27 bits per heavy atom. The van der Waals surface area contributed by atoms with Gasteiger partial charge in [-0.1, -0.05) is 0 Å². The second-order valence-electron chi connectivity index (χ2n) is 3.15. The summed E-state index contributed by atoms with van der Waals surface area (Å²) in [5.41, 5.74) is 1.04. The highest BCUT2D eigenvalue weighted by Crippen LogP contribution is 1.98. The van der Waals surface area contributed by atoms with Gasteiger partial charge in [-0.15, -0.1) is 0 Å². The molecule has 1 amide bonds. The first-order valence-electron chi connectivity index (χ1n) is 4.45. The van der Waals surface area contributed by atoms with Crippen LogP contribution in [-0.4, -0.2) is 35.2 Å². The van der Waals surface area contributed by atoms with Crippen molar-refractivity contribution in [1.29, 1.82) is 0 Å². The Kier molecular flexibility index (Phi) is 3.43. The Balaban J connectivity index is 2.60. The van der Waals surface area contributed by atoms with Crippen LogP contribution in [0.4, 0.5) is 0 Å². The monoisotopic (exact) mass is 211 g/mol. The summed E-state index contributed by atoms with van der Waals surface area (Å²) in [6.45, 7) is 3.33. The number of methoxy groups -OCH3 is 1. The van der Waals surface area contributed by atoms with Gasteiger partial charge in [0, 0.05) is 5.69 Å². The van der Waals surface area contributed by atoms with Gasteiger partial charge in [0.15, 0.2) is 0 Å². The molecule has 0 spiro atoms. The van der Waals surface area contributed by atoms with E-state index in [9.17, 15) is 9.59 Å². The van der Waals surface area contributed by atoms with Gasteiger partial charge in [-0.25, -0.2) is 4.79 Å². The van der Waals surface area contributed by atoms with Crippen molar-refractivity contribution in [2.45, 2.75) is 19.9 Å². The standard InChI is InChI=1S/C9H13N3O3/c1-5-4-7(12-11-5)8(13)10-6(2)9(14)15-3/h4,6H,1-3H3,(H,10,13)(H,11,12). The molecule has 2 N–H and O–H groups in total. The molecule has 1 unspecified atom stereocenters. The van der Waals surface area contributed by atoms with Gasteiger partial charge in [0.05, 0.1) is 7.11 Å². The normalized spacial score (nSPS) is 11.9. The molecule has 0 aromatic carbocycles. The van der Waals surface area contributed by atoms with Gasteiger partial charge in [-0.3, -0.25) is 9.89 Å². The molecule has 1 aromatic heterocycles. The number of aromatic nitrogens is 2. The minimum absolute atomic E-state index is 0.253. The van der Waals surface area contributed by atoms with Gasteiger partial charge in [0.25, 0.3) is 5.91 Å². The van der Waals surface area contributed by atoms with Crippen molar-refractivity contribution in [2.75, 3.05) is 7.11 Å². The summed E-state index contributed by atoms with van der Waals surface area (Å²) in [6.07, 6.45) is 0. The van der Waals surface area contributed by atoms with Crippen molar-refractivity contribution in [1.82, 2.24) is 15.5 Å². The molecule has 0 radical (unpaired) electrons. The summed E-state index contributed by atoms with van der Waals surface area (Å²) in [5.74, 6) is -0.896. The Labute approximate surface area is 87.0 Å². The second-order valence-corrected chi connectivity index (χ2v) is 3.15. The average molecular weight is 211 g/mol. The van der Waals surface area contributed by atoms with E-state index in [0.717, 1.165) is 5.69 Å². The molecule has 1 atom stereocenters. The van der Waals surface area contributed by atoms with Crippen LogP contribution < -0.4 is 5.32 Å². The summed E-state index contributed by atoms with van der Waals surface area (Å²) in [6, 6.07) is 0.916. The topological polar surface area (TPSA) is 84.1 Å². The zero-order valence-corrected chi connectivity index (χ0v) is 8.83. The number of rotatable bonds is 3. The van der Waals surface area contributed by atoms with E-state index in [-0.39, 0.29) is 5.69 Å². The van der Waals surface area contributed by atoms with Crippen molar-refractivity contribution in [3.63, 3.8) is 0 Å². The lowest BCUT2D eigenvalue weighted by atomic mass is 10.3. The Hall–Kier alpha value is -1.85. The SMILES string of the molecule is COC(=O)C(C)NC(=O)c1cc(C)[nH]n1. The maximum atomic E-state index is 11.5. The predicted octanol–water partition coefficient (Wildman–Crippen LogP) is 0.00942. The second kappa shape index (κ2) is 4.59. The van der Waals surface area contributed by atoms with Crippen molar-refractivity contribution in [3.8, 4) is 0 Å². The van der Waals surface area contributed by atoms with Crippen LogP contribution in [0.25, 0.3) is 0 Å². The maximum absolute atomic E-state index is 11.5. The molecule has 1 heterocycles. The Morgan fingerprint density at radius 1 is 1.60 bits per heavy atom. The number of nitrogens with one attached hydrogen (secondary N) is 2. The largest absolute Gasteiger partial charge is 0.467 e. The van der Waals surface area contributed by atoms with E-state index in [4.69, 9.17) is 0 Å². The number of hydrogen-bond acceptors (Lipinski definition) is 4. The lowest BCUT2D eigenvalue weighted by Gasteiger charge is -2.09. The van der Waals surface area contributed by atoms with E-state index < -0.39 is 17.9 Å². The van der Waals surface area contributed by atoms with Crippen LogP contribution in [0.1, 0.15) is 23.1 Å². The molecule has 6 nitrogen and oxygen atoms in total. The van der Waals surface area contributed by atoms with Gasteiger partial charge in [0.1, 0.15) is 11.7 Å². The first-order valence-corrected chi connectivity index (χ1v) is 4.45. The smallest absolute Gasteiger partial charge is 0.328 e. The number of nitrogens with zero attached hydrogens (tertiary/aromatic N) is 1. The van der Waals surface area contributed by atoms with Gasteiger partial charge in [-0.2, -0.15) is 5.10 Å². The molecule has 0 aliphatic rings. The molecule has 0 aliphatic heterocycles. The molecule has 0 saturated carbocycles. The number of H-pyrrole nitrogens is 1. The predicted molar refractivity (Wildman–Crippen MR) is 52.3 cm³/mol. The number of aryl methyl sites for hydroxylation is 1. The van der Waals surface area contributed by atoms with Crippen LogP contribution in [0.15, 0.2) is 6.07 Å². The van der Waals surface area contributed by atoms with Crippen LogP contribution in [0.3, 0.4) is 0 Å². The molecule has 0 aliphatic carbocycles. The van der Waals surface area contributed by atoms with Crippen LogP contribution in [0, 0.1) is 6.92 Å². The Bertz CT molecular complexity index is 372. The van der Waals surface area contributed by atoms with Crippen molar-refractivity contribution in [2.24, 2.45) is 0 Å². The molecule has 0 bridgehead atoms. The molecule has 1 aromatic rings. The third kappa shape index (κ3) is 2.80. The summed E-state index contributed by atoms with van der Waals surface area (Å²) in [5, 5.41) is 8.87. The van der Waals surface area contributed by atoms with Crippen LogP contribution in [-0.2, 0) is 9.53 Å². The summed E-state index contributed by atoms with van der Waals surface area (Å²) in [4.78, 5) is 22.5. The lowest BCUT2D eigenvalue weighted by Crippen LogP contribution is -2.39. The van der Waals surface area contributed by atoms with E-state index in [1.165, 1.54) is 7.11 Å². The molecule has 1 rings (SSSR count). The summed E-state index contributed by atoms with van der Waals surface area (Å²) in [7, 11) is 1.27. The first kappa shape index (κ1) is 11.2. The maximum Gasteiger partial charge on any atom is 0.328 e.